The van der Waals surface area contributed by atoms with E-state index in [1.54, 1.807) is 11.3 Å². The maximum absolute atomic E-state index is 5.90. The van der Waals surface area contributed by atoms with Crippen molar-refractivity contribution in [3.05, 3.63) is 22.4 Å². The highest BCUT2D eigenvalue weighted by Gasteiger charge is 2.15. The fourth-order valence-corrected chi connectivity index (χ4v) is 2.68. The quantitative estimate of drug-likeness (QED) is 0.851. The summed E-state index contributed by atoms with van der Waals surface area (Å²) < 4.78 is 5.90. The number of rotatable bonds is 4. The first kappa shape index (κ1) is 11.1. The van der Waals surface area contributed by atoms with Crippen LogP contribution in [0.4, 0.5) is 0 Å². The van der Waals surface area contributed by atoms with Crippen molar-refractivity contribution in [2.75, 3.05) is 19.7 Å². The van der Waals surface area contributed by atoms with Crippen molar-refractivity contribution in [1.29, 1.82) is 0 Å². The van der Waals surface area contributed by atoms with Crippen LogP contribution in [0.3, 0.4) is 0 Å². The lowest BCUT2D eigenvalue weighted by atomic mass is 10.0. The minimum Gasteiger partial charge on any atom is -0.373 e. The van der Waals surface area contributed by atoms with Crippen molar-refractivity contribution < 1.29 is 4.74 Å². The summed E-state index contributed by atoms with van der Waals surface area (Å²) in [7, 11) is 0. The lowest BCUT2D eigenvalue weighted by Crippen LogP contribution is -2.32. The van der Waals surface area contributed by atoms with E-state index in [-0.39, 0.29) is 6.10 Å². The fourth-order valence-electron chi connectivity index (χ4n) is 1.95. The van der Waals surface area contributed by atoms with E-state index in [4.69, 9.17) is 4.74 Å². The standard InChI is InChI=1S/C12H19NOS/c1-10(12-5-3-7-15-12)14-9-11-4-2-6-13-8-11/h3,5,7,10-11,13H,2,4,6,8-9H2,1H3. The average Bonchev–Trinajstić information content (AvgIpc) is 2.81. The van der Waals surface area contributed by atoms with Crippen LogP contribution >= 0.6 is 11.3 Å². The molecule has 2 heterocycles. The van der Waals surface area contributed by atoms with Gasteiger partial charge in [0.1, 0.15) is 0 Å². The van der Waals surface area contributed by atoms with E-state index in [1.165, 1.54) is 24.3 Å². The van der Waals surface area contributed by atoms with Gasteiger partial charge in [-0.2, -0.15) is 0 Å². The van der Waals surface area contributed by atoms with Crippen LogP contribution in [0.25, 0.3) is 0 Å². The molecule has 1 aliphatic rings. The molecule has 0 aromatic carbocycles. The average molecular weight is 225 g/mol. The van der Waals surface area contributed by atoms with Crippen molar-refractivity contribution in [3.8, 4) is 0 Å². The molecule has 1 fully saturated rings. The summed E-state index contributed by atoms with van der Waals surface area (Å²) >= 11 is 1.78. The molecular formula is C12H19NOS. The second-order valence-corrected chi connectivity index (χ2v) is 5.18. The SMILES string of the molecule is CC(OCC1CCCNC1)c1cccs1. The van der Waals surface area contributed by atoms with Crippen LogP contribution in [0.1, 0.15) is 30.7 Å². The summed E-state index contributed by atoms with van der Waals surface area (Å²) in [4.78, 5) is 1.33. The zero-order chi connectivity index (χ0) is 10.5. The Kier molecular flexibility index (Phi) is 4.18. The summed E-state index contributed by atoms with van der Waals surface area (Å²) in [6.45, 7) is 5.34. The fraction of sp³-hybridized carbons (Fsp3) is 0.667. The van der Waals surface area contributed by atoms with E-state index in [1.807, 2.05) is 0 Å². The first-order chi connectivity index (χ1) is 7.36. The number of piperidine rings is 1. The first-order valence-corrected chi connectivity index (χ1v) is 6.60. The first-order valence-electron chi connectivity index (χ1n) is 5.72. The molecule has 0 bridgehead atoms. The molecule has 0 aliphatic carbocycles. The van der Waals surface area contributed by atoms with Crippen molar-refractivity contribution in [3.63, 3.8) is 0 Å². The van der Waals surface area contributed by atoms with Gasteiger partial charge in [0.25, 0.3) is 0 Å². The summed E-state index contributed by atoms with van der Waals surface area (Å²) in [5.74, 6) is 0.709. The molecule has 2 nitrogen and oxygen atoms in total. The summed E-state index contributed by atoms with van der Waals surface area (Å²) in [5, 5.41) is 5.52. The van der Waals surface area contributed by atoms with Gasteiger partial charge in [-0.3, -0.25) is 0 Å². The molecule has 1 aliphatic heterocycles. The maximum Gasteiger partial charge on any atom is 0.0888 e. The van der Waals surface area contributed by atoms with E-state index >= 15 is 0 Å². The number of ether oxygens (including phenoxy) is 1. The van der Waals surface area contributed by atoms with E-state index in [2.05, 4.69) is 29.8 Å². The van der Waals surface area contributed by atoms with Gasteiger partial charge in [-0.1, -0.05) is 6.07 Å². The molecule has 2 atom stereocenters. The minimum absolute atomic E-state index is 0.256. The van der Waals surface area contributed by atoms with Gasteiger partial charge in [0.15, 0.2) is 0 Å². The topological polar surface area (TPSA) is 21.3 Å². The maximum atomic E-state index is 5.90. The predicted molar refractivity (Wildman–Crippen MR) is 64.3 cm³/mol. The third-order valence-electron chi connectivity index (χ3n) is 2.92. The number of hydrogen-bond donors (Lipinski definition) is 1. The summed E-state index contributed by atoms with van der Waals surface area (Å²) in [6.07, 6.45) is 2.86. The van der Waals surface area contributed by atoms with Crippen LogP contribution in [0.2, 0.25) is 0 Å². The van der Waals surface area contributed by atoms with E-state index in [0.717, 1.165) is 13.2 Å². The molecule has 1 aromatic heterocycles. The van der Waals surface area contributed by atoms with Gasteiger partial charge in [-0.15, -0.1) is 11.3 Å². The van der Waals surface area contributed by atoms with Gasteiger partial charge in [-0.05, 0) is 43.7 Å². The van der Waals surface area contributed by atoms with Gasteiger partial charge in [-0.25, -0.2) is 0 Å². The number of hydrogen-bond acceptors (Lipinski definition) is 3. The highest BCUT2D eigenvalue weighted by molar-refractivity contribution is 7.10. The summed E-state index contributed by atoms with van der Waals surface area (Å²) in [5.41, 5.74) is 0. The van der Waals surface area contributed by atoms with E-state index in [9.17, 15) is 0 Å². The van der Waals surface area contributed by atoms with Crippen molar-refractivity contribution in [2.24, 2.45) is 5.92 Å². The lowest BCUT2D eigenvalue weighted by Gasteiger charge is -2.24. The highest BCUT2D eigenvalue weighted by atomic mass is 32.1. The third kappa shape index (κ3) is 3.30. The van der Waals surface area contributed by atoms with Crippen LogP contribution in [0, 0.1) is 5.92 Å². The van der Waals surface area contributed by atoms with Gasteiger partial charge in [0, 0.05) is 11.4 Å². The minimum atomic E-state index is 0.256. The van der Waals surface area contributed by atoms with E-state index < -0.39 is 0 Å². The Bertz CT molecular complexity index is 267. The second-order valence-electron chi connectivity index (χ2n) is 4.20. The molecule has 0 spiro atoms. The Hall–Kier alpha value is -0.380. The van der Waals surface area contributed by atoms with Gasteiger partial charge in [0.05, 0.1) is 12.7 Å². The molecule has 0 radical (unpaired) electrons. The zero-order valence-electron chi connectivity index (χ0n) is 9.24. The molecule has 1 saturated heterocycles. The predicted octanol–water partition coefficient (Wildman–Crippen LogP) is 2.83. The van der Waals surface area contributed by atoms with Gasteiger partial charge >= 0.3 is 0 Å². The Balaban J connectivity index is 1.73. The van der Waals surface area contributed by atoms with Crippen LogP contribution in [0.15, 0.2) is 17.5 Å². The third-order valence-corrected chi connectivity index (χ3v) is 3.96. The van der Waals surface area contributed by atoms with Crippen molar-refractivity contribution >= 4 is 11.3 Å². The summed E-state index contributed by atoms with van der Waals surface area (Å²) in [6, 6.07) is 4.23. The molecule has 2 rings (SSSR count). The molecule has 2 unspecified atom stereocenters. The molecule has 1 N–H and O–H groups in total. The molecule has 3 heteroatoms. The highest BCUT2D eigenvalue weighted by Crippen LogP contribution is 2.23. The Morgan fingerprint density at radius 1 is 1.67 bits per heavy atom. The largest absolute Gasteiger partial charge is 0.373 e. The van der Waals surface area contributed by atoms with Crippen LogP contribution < -0.4 is 5.32 Å². The van der Waals surface area contributed by atoms with Crippen LogP contribution in [-0.2, 0) is 4.74 Å². The van der Waals surface area contributed by atoms with Crippen molar-refractivity contribution in [1.82, 2.24) is 5.32 Å². The number of thiophene rings is 1. The molecular weight excluding hydrogens is 206 g/mol. The zero-order valence-corrected chi connectivity index (χ0v) is 10.1. The Morgan fingerprint density at radius 2 is 2.60 bits per heavy atom. The normalized spacial score (nSPS) is 23.9. The van der Waals surface area contributed by atoms with Gasteiger partial charge in [0.2, 0.25) is 0 Å². The molecule has 84 valence electrons. The Morgan fingerprint density at radius 3 is 3.27 bits per heavy atom. The van der Waals surface area contributed by atoms with Crippen LogP contribution in [0.5, 0.6) is 0 Å². The van der Waals surface area contributed by atoms with Gasteiger partial charge < -0.3 is 10.1 Å². The smallest absolute Gasteiger partial charge is 0.0888 e. The second kappa shape index (κ2) is 5.64. The molecule has 15 heavy (non-hydrogen) atoms. The molecule has 0 amide bonds. The number of nitrogens with one attached hydrogen (secondary N) is 1. The molecule has 0 saturated carbocycles. The monoisotopic (exact) mass is 225 g/mol. The Labute approximate surface area is 95.6 Å². The van der Waals surface area contributed by atoms with Crippen molar-refractivity contribution in [2.45, 2.75) is 25.9 Å². The lowest BCUT2D eigenvalue weighted by molar-refractivity contribution is 0.0355. The van der Waals surface area contributed by atoms with Crippen LogP contribution in [-0.4, -0.2) is 19.7 Å². The molecule has 1 aromatic rings. The van der Waals surface area contributed by atoms with E-state index in [0.29, 0.717) is 5.92 Å².